The molecule has 0 N–H and O–H groups in total. The Labute approximate surface area is 128 Å². The van der Waals surface area contributed by atoms with Crippen molar-refractivity contribution in [3.05, 3.63) is 29.1 Å². The molecule has 0 radical (unpaired) electrons. The van der Waals surface area contributed by atoms with Crippen molar-refractivity contribution in [1.82, 2.24) is 4.90 Å². The summed E-state index contributed by atoms with van der Waals surface area (Å²) in [6.07, 6.45) is 1.72. The molecule has 0 bridgehead atoms. The SMILES string of the molecule is Cc1cc(F)c(C(=O)N2CCC(C)CC2)cc1S(=O)(=O)Cl. The van der Waals surface area contributed by atoms with Gasteiger partial charge in [-0.1, -0.05) is 6.92 Å². The van der Waals surface area contributed by atoms with Crippen LogP contribution in [0.1, 0.15) is 35.7 Å². The zero-order valence-electron chi connectivity index (χ0n) is 11.9. The summed E-state index contributed by atoms with van der Waals surface area (Å²) >= 11 is 0. The maximum Gasteiger partial charge on any atom is 0.261 e. The molecule has 0 atom stereocenters. The quantitative estimate of drug-likeness (QED) is 0.782. The van der Waals surface area contributed by atoms with Gasteiger partial charge >= 0.3 is 0 Å². The monoisotopic (exact) mass is 333 g/mol. The lowest BCUT2D eigenvalue weighted by Crippen LogP contribution is -2.38. The van der Waals surface area contributed by atoms with Crippen molar-refractivity contribution in [1.29, 1.82) is 0 Å². The first-order valence-corrected chi connectivity index (χ1v) is 9.05. The zero-order valence-corrected chi connectivity index (χ0v) is 13.5. The fraction of sp³-hybridized carbons (Fsp3) is 0.500. The highest BCUT2D eigenvalue weighted by Crippen LogP contribution is 2.25. The van der Waals surface area contributed by atoms with Gasteiger partial charge in [0.05, 0.1) is 10.5 Å². The summed E-state index contributed by atoms with van der Waals surface area (Å²) in [4.78, 5) is 13.7. The van der Waals surface area contributed by atoms with E-state index in [0.29, 0.717) is 19.0 Å². The molecule has 1 heterocycles. The Hall–Kier alpha value is -1.14. The van der Waals surface area contributed by atoms with E-state index in [0.717, 1.165) is 25.0 Å². The van der Waals surface area contributed by atoms with Gasteiger partial charge in [-0.2, -0.15) is 0 Å². The van der Waals surface area contributed by atoms with E-state index in [1.165, 1.54) is 6.92 Å². The van der Waals surface area contributed by atoms with E-state index in [2.05, 4.69) is 6.92 Å². The number of carbonyl (C=O) groups is 1. The number of likely N-dealkylation sites (tertiary alicyclic amines) is 1. The van der Waals surface area contributed by atoms with Crippen molar-refractivity contribution in [3.8, 4) is 0 Å². The number of halogens is 2. The molecule has 21 heavy (non-hydrogen) atoms. The Morgan fingerprint density at radius 2 is 1.90 bits per heavy atom. The largest absolute Gasteiger partial charge is 0.339 e. The van der Waals surface area contributed by atoms with Gasteiger partial charge in [0.2, 0.25) is 0 Å². The molecule has 2 rings (SSSR count). The van der Waals surface area contributed by atoms with Gasteiger partial charge in [-0.15, -0.1) is 0 Å². The molecule has 7 heteroatoms. The minimum atomic E-state index is -4.01. The van der Waals surface area contributed by atoms with E-state index in [9.17, 15) is 17.6 Å². The summed E-state index contributed by atoms with van der Waals surface area (Å²) < 4.78 is 37.0. The second-order valence-corrected chi connectivity index (χ2v) is 8.04. The van der Waals surface area contributed by atoms with Crippen LogP contribution in [-0.4, -0.2) is 32.3 Å². The lowest BCUT2D eigenvalue weighted by atomic mass is 9.98. The molecule has 0 aliphatic carbocycles. The van der Waals surface area contributed by atoms with Crippen LogP contribution in [-0.2, 0) is 9.05 Å². The number of rotatable bonds is 2. The first-order valence-electron chi connectivity index (χ1n) is 6.74. The van der Waals surface area contributed by atoms with E-state index >= 15 is 0 Å². The highest BCUT2D eigenvalue weighted by molar-refractivity contribution is 8.13. The summed E-state index contributed by atoms with van der Waals surface area (Å²) in [5, 5.41) is 0. The molecular weight excluding hydrogens is 317 g/mol. The smallest absolute Gasteiger partial charge is 0.261 e. The van der Waals surface area contributed by atoms with Crippen LogP contribution in [0.3, 0.4) is 0 Å². The minimum absolute atomic E-state index is 0.186. The van der Waals surface area contributed by atoms with E-state index in [-0.39, 0.29) is 16.0 Å². The molecule has 1 saturated heterocycles. The van der Waals surface area contributed by atoms with Gasteiger partial charge in [0.1, 0.15) is 5.82 Å². The van der Waals surface area contributed by atoms with Gasteiger partial charge in [0.15, 0.2) is 0 Å². The van der Waals surface area contributed by atoms with Gasteiger partial charge < -0.3 is 4.90 Å². The number of aryl methyl sites for hydroxylation is 1. The molecule has 1 aliphatic heterocycles. The third-order valence-corrected chi connectivity index (χ3v) is 5.29. The molecule has 0 aromatic heterocycles. The first-order chi connectivity index (χ1) is 9.70. The summed E-state index contributed by atoms with van der Waals surface area (Å²) in [5.74, 6) is -0.670. The molecule has 4 nitrogen and oxygen atoms in total. The van der Waals surface area contributed by atoms with Crippen LogP contribution in [0.2, 0.25) is 0 Å². The zero-order chi connectivity index (χ0) is 15.8. The fourth-order valence-corrected chi connectivity index (χ4v) is 3.66. The number of nitrogens with zero attached hydrogens (tertiary/aromatic N) is 1. The van der Waals surface area contributed by atoms with Crippen molar-refractivity contribution in [2.24, 2.45) is 5.92 Å². The van der Waals surface area contributed by atoms with Crippen LogP contribution in [0.4, 0.5) is 4.39 Å². The highest BCUT2D eigenvalue weighted by Gasteiger charge is 2.26. The van der Waals surface area contributed by atoms with Crippen molar-refractivity contribution in [3.63, 3.8) is 0 Å². The number of carbonyl (C=O) groups excluding carboxylic acids is 1. The fourth-order valence-electron chi connectivity index (χ4n) is 2.46. The molecule has 1 aromatic rings. The molecule has 1 aliphatic rings. The van der Waals surface area contributed by atoms with E-state index in [4.69, 9.17) is 10.7 Å². The third kappa shape index (κ3) is 3.55. The summed E-state index contributed by atoms with van der Waals surface area (Å²) in [5.41, 5.74) is -0.0549. The molecular formula is C14H17ClFNO3S. The van der Waals surface area contributed by atoms with Gasteiger partial charge in [-0.25, -0.2) is 12.8 Å². The number of hydrogen-bond donors (Lipinski definition) is 0. The van der Waals surface area contributed by atoms with Gasteiger partial charge in [0.25, 0.3) is 15.0 Å². The Morgan fingerprint density at radius 1 is 1.33 bits per heavy atom. The average molecular weight is 334 g/mol. The number of piperidine rings is 1. The van der Waals surface area contributed by atoms with Crippen molar-refractivity contribution in [2.75, 3.05) is 13.1 Å². The van der Waals surface area contributed by atoms with Crippen LogP contribution >= 0.6 is 10.7 Å². The van der Waals surface area contributed by atoms with E-state index in [1.807, 2.05) is 0 Å². The lowest BCUT2D eigenvalue weighted by molar-refractivity contribution is 0.0692. The van der Waals surface area contributed by atoms with Crippen molar-refractivity contribution < 1.29 is 17.6 Å². The van der Waals surface area contributed by atoms with E-state index < -0.39 is 20.8 Å². The average Bonchev–Trinajstić information content (AvgIpc) is 2.37. The molecule has 0 spiro atoms. The number of hydrogen-bond acceptors (Lipinski definition) is 3. The predicted octanol–water partition coefficient (Wildman–Crippen LogP) is 2.93. The van der Waals surface area contributed by atoms with Gasteiger partial charge in [0, 0.05) is 23.8 Å². The number of amides is 1. The third-order valence-electron chi connectivity index (χ3n) is 3.83. The Morgan fingerprint density at radius 3 is 2.43 bits per heavy atom. The Bertz CT molecular complexity index is 667. The summed E-state index contributed by atoms with van der Waals surface area (Å²) in [6, 6.07) is 2.07. The molecule has 1 aromatic carbocycles. The maximum absolute atomic E-state index is 14.0. The standard InChI is InChI=1S/C14H17ClFNO3S/c1-9-3-5-17(6-4-9)14(18)11-8-13(21(15,19)20)10(2)7-12(11)16/h7-9H,3-6H2,1-2H3. The summed E-state index contributed by atoms with van der Waals surface area (Å²) in [6.45, 7) is 4.65. The van der Waals surface area contributed by atoms with Crippen LogP contribution < -0.4 is 0 Å². The maximum atomic E-state index is 14.0. The molecule has 116 valence electrons. The lowest BCUT2D eigenvalue weighted by Gasteiger charge is -2.30. The molecule has 0 unspecified atom stereocenters. The second-order valence-electron chi connectivity index (χ2n) is 5.51. The van der Waals surface area contributed by atoms with E-state index in [1.54, 1.807) is 4.90 Å². The second kappa shape index (κ2) is 5.93. The van der Waals surface area contributed by atoms with Crippen LogP contribution in [0.5, 0.6) is 0 Å². The molecule has 1 amide bonds. The normalized spacial score (nSPS) is 17.0. The van der Waals surface area contributed by atoms with Crippen LogP contribution in [0.15, 0.2) is 17.0 Å². The van der Waals surface area contributed by atoms with Crippen LogP contribution in [0, 0.1) is 18.7 Å². The van der Waals surface area contributed by atoms with Gasteiger partial charge in [-0.3, -0.25) is 4.79 Å². The topological polar surface area (TPSA) is 54.5 Å². The molecule has 1 fully saturated rings. The summed E-state index contributed by atoms with van der Waals surface area (Å²) in [7, 11) is 1.31. The highest BCUT2D eigenvalue weighted by atomic mass is 35.7. The van der Waals surface area contributed by atoms with Crippen molar-refractivity contribution >= 4 is 25.6 Å². The van der Waals surface area contributed by atoms with Crippen molar-refractivity contribution in [2.45, 2.75) is 31.6 Å². The Balaban J connectivity index is 2.37. The number of benzene rings is 1. The molecule has 0 saturated carbocycles. The minimum Gasteiger partial charge on any atom is -0.339 e. The predicted molar refractivity (Wildman–Crippen MR) is 78.5 cm³/mol. The van der Waals surface area contributed by atoms with Gasteiger partial charge in [-0.05, 0) is 43.4 Å². The van der Waals surface area contributed by atoms with Crippen LogP contribution in [0.25, 0.3) is 0 Å². The first kappa shape index (κ1) is 16.2. The Kier molecular flexibility index (Phi) is 4.58.